The minimum atomic E-state index is -0.761. The van der Waals surface area contributed by atoms with Crippen molar-refractivity contribution in [2.75, 3.05) is 13.2 Å². The molecule has 60 heavy (non-hydrogen) atoms. The topological polar surface area (TPSA) is 78.9 Å². The Morgan fingerprint density at radius 3 is 0.817 bits per heavy atom. The number of rotatable bonds is 49. The van der Waals surface area contributed by atoms with Gasteiger partial charge < -0.3 is 14.2 Å². The zero-order valence-electron chi connectivity index (χ0n) is 40.9. The van der Waals surface area contributed by atoms with Crippen molar-refractivity contribution >= 4 is 17.9 Å². The van der Waals surface area contributed by atoms with Gasteiger partial charge in [-0.3, -0.25) is 14.4 Å². The predicted molar refractivity (Wildman–Crippen MR) is 257 cm³/mol. The second kappa shape index (κ2) is 48.4. The monoisotopic (exact) mass is 849 g/mol. The number of carbonyl (C=O) groups excluding carboxylic acids is 3. The molecular formula is C54H104O6. The van der Waals surface area contributed by atoms with Gasteiger partial charge in [0.2, 0.25) is 0 Å². The number of hydrogen-bond donors (Lipinski definition) is 0. The van der Waals surface area contributed by atoms with E-state index in [1.807, 2.05) is 0 Å². The van der Waals surface area contributed by atoms with E-state index in [-0.39, 0.29) is 31.1 Å². The van der Waals surface area contributed by atoms with Crippen LogP contribution in [0.15, 0.2) is 0 Å². The Bertz CT molecular complexity index is 903. The zero-order valence-corrected chi connectivity index (χ0v) is 40.9. The molecule has 0 saturated heterocycles. The van der Waals surface area contributed by atoms with E-state index in [1.165, 1.54) is 199 Å². The van der Waals surface area contributed by atoms with Crippen LogP contribution >= 0.6 is 0 Å². The van der Waals surface area contributed by atoms with Crippen LogP contribution in [0.3, 0.4) is 0 Å². The summed E-state index contributed by atoms with van der Waals surface area (Å²) >= 11 is 0. The molecule has 0 heterocycles. The number of unbranched alkanes of at least 4 members (excludes halogenated alkanes) is 36. The van der Waals surface area contributed by atoms with Crippen LogP contribution in [0.2, 0.25) is 0 Å². The Kier molecular flexibility index (Phi) is 47.2. The molecular weight excluding hydrogens is 745 g/mol. The fourth-order valence-corrected chi connectivity index (χ4v) is 8.22. The third kappa shape index (κ3) is 47.5. The average molecular weight is 849 g/mol. The summed E-state index contributed by atoms with van der Waals surface area (Å²) in [7, 11) is 0. The first-order chi connectivity index (χ1) is 29.4. The fourth-order valence-electron chi connectivity index (χ4n) is 8.22. The second-order valence-corrected chi connectivity index (χ2v) is 19.0. The van der Waals surface area contributed by atoms with Crippen LogP contribution in [0, 0.1) is 5.92 Å². The largest absolute Gasteiger partial charge is 0.462 e. The van der Waals surface area contributed by atoms with Crippen LogP contribution in [-0.4, -0.2) is 37.2 Å². The van der Waals surface area contributed by atoms with Crippen molar-refractivity contribution in [2.24, 2.45) is 5.92 Å². The molecule has 0 spiro atoms. The third-order valence-corrected chi connectivity index (χ3v) is 12.3. The van der Waals surface area contributed by atoms with Gasteiger partial charge in [0.15, 0.2) is 6.10 Å². The van der Waals surface area contributed by atoms with Gasteiger partial charge in [0.25, 0.3) is 0 Å². The van der Waals surface area contributed by atoms with Gasteiger partial charge in [-0.1, -0.05) is 265 Å². The van der Waals surface area contributed by atoms with Crippen molar-refractivity contribution in [1.82, 2.24) is 0 Å². The molecule has 0 rings (SSSR count). The smallest absolute Gasteiger partial charge is 0.306 e. The zero-order chi connectivity index (χ0) is 43.8. The summed E-state index contributed by atoms with van der Waals surface area (Å²) in [5.41, 5.74) is 0. The molecule has 0 saturated carbocycles. The molecule has 0 aliphatic carbocycles. The average Bonchev–Trinajstić information content (AvgIpc) is 3.23. The molecule has 0 aliphatic rings. The van der Waals surface area contributed by atoms with Crippen LogP contribution in [0.25, 0.3) is 0 Å². The second-order valence-electron chi connectivity index (χ2n) is 19.0. The Morgan fingerprint density at radius 2 is 0.550 bits per heavy atom. The molecule has 0 unspecified atom stereocenters. The lowest BCUT2D eigenvalue weighted by Gasteiger charge is -2.18. The van der Waals surface area contributed by atoms with Crippen molar-refractivity contribution < 1.29 is 28.6 Å². The fraction of sp³-hybridized carbons (Fsp3) is 0.944. The summed E-state index contributed by atoms with van der Waals surface area (Å²) in [6.07, 6.45) is 50.8. The summed E-state index contributed by atoms with van der Waals surface area (Å²) < 4.78 is 16.8. The van der Waals surface area contributed by atoms with E-state index in [1.54, 1.807) is 0 Å². The lowest BCUT2D eigenvalue weighted by molar-refractivity contribution is -0.167. The summed E-state index contributed by atoms with van der Waals surface area (Å²) in [4.78, 5) is 38.0. The number of ether oxygens (including phenoxy) is 3. The van der Waals surface area contributed by atoms with Gasteiger partial charge in [0, 0.05) is 19.3 Å². The molecule has 6 heteroatoms. The SMILES string of the molecule is CCCCCCCCCCCCCCCCCC(=O)O[C@@H](COC(=O)CCCCCCCCCCCCCCCC)COC(=O)CCCCCCCCCCCCC(C)C. The van der Waals surface area contributed by atoms with Gasteiger partial charge in [0.05, 0.1) is 0 Å². The Balaban J connectivity index is 4.31. The highest BCUT2D eigenvalue weighted by Gasteiger charge is 2.19. The molecule has 0 aromatic rings. The minimum Gasteiger partial charge on any atom is -0.462 e. The maximum absolute atomic E-state index is 12.8. The first kappa shape index (κ1) is 58.4. The van der Waals surface area contributed by atoms with Gasteiger partial charge in [-0.2, -0.15) is 0 Å². The molecule has 0 aromatic carbocycles. The van der Waals surface area contributed by atoms with E-state index in [0.29, 0.717) is 19.3 Å². The minimum absolute atomic E-state index is 0.0625. The summed E-state index contributed by atoms with van der Waals surface area (Å²) in [5.74, 6) is -0.0226. The lowest BCUT2D eigenvalue weighted by atomic mass is 10.0. The third-order valence-electron chi connectivity index (χ3n) is 12.3. The molecule has 0 bridgehead atoms. The summed E-state index contributed by atoms with van der Waals surface area (Å²) in [6.45, 7) is 9.03. The summed E-state index contributed by atoms with van der Waals surface area (Å²) in [5, 5.41) is 0. The standard InChI is InChI=1S/C54H104O6/c1-5-7-9-11-13-15-17-19-21-23-25-31-35-39-43-47-54(57)60-51(49-59-53(56)46-42-38-34-30-27-26-28-32-36-40-44-50(3)4)48-58-52(55)45-41-37-33-29-24-22-20-18-16-14-12-10-8-6-2/h50-51H,5-49H2,1-4H3/t51-/m0/s1. The molecule has 0 aliphatic heterocycles. The van der Waals surface area contributed by atoms with Gasteiger partial charge in [-0.05, 0) is 25.2 Å². The quantitative estimate of drug-likeness (QED) is 0.0345. The Hall–Kier alpha value is -1.59. The highest BCUT2D eigenvalue weighted by Crippen LogP contribution is 2.17. The Morgan fingerprint density at radius 1 is 0.317 bits per heavy atom. The van der Waals surface area contributed by atoms with Crippen LogP contribution in [0.4, 0.5) is 0 Å². The molecule has 356 valence electrons. The molecule has 0 amide bonds. The number of hydrogen-bond acceptors (Lipinski definition) is 6. The van der Waals surface area contributed by atoms with Gasteiger partial charge >= 0.3 is 17.9 Å². The Labute approximate surface area is 374 Å². The van der Waals surface area contributed by atoms with Gasteiger partial charge in [-0.15, -0.1) is 0 Å². The van der Waals surface area contributed by atoms with Gasteiger partial charge in [-0.25, -0.2) is 0 Å². The molecule has 1 atom stereocenters. The van der Waals surface area contributed by atoms with Crippen molar-refractivity contribution in [3.8, 4) is 0 Å². The lowest BCUT2D eigenvalue weighted by Crippen LogP contribution is -2.30. The van der Waals surface area contributed by atoms with E-state index in [2.05, 4.69) is 27.7 Å². The maximum Gasteiger partial charge on any atom is 0.306 e. The predicted octanol–water partition coefficient (Wildman–Crippen LogP) is 17.5. The molecule has 0 radical (unpaired) electrons. The van der Waals surface area contributed by atoms with E-state index in [4.69, 9.17) is 14.2 Å². The van der Waals surface area contributed by atoms with E-state index in [9.17, 15) is 14.4 Å². The molecule has 0 aromatic heterocycles. The van der Waals surface area contributed by atoms with E-state index >= 15 is 0 Å². The summed E-state index contributed by atoms with van der Waals surface area (Å²) in [6, 6.07) is 0. The van der Waals surface area contributed by atoms with Crippen LogP contribution in [0.5, 0.6) is 0 Å². The van der Waals surface area contributed by atoms with Crippen LogP contribution < -0.4 is 0 Å². The first-order valence-corrected chi connectivity index (χ1v) is 26.9. The molecule has 0 fully saturated rings. The van der Waals surface area contributed by atoms with Crippen molar-refractivity contribution in [1.29, 1.82) is 0 Å². The first-order valence-electron chi connectivity index (χ1n) is 26.9. The normalized spacial score (nSPS) is 11.9. The van der Waals surface area contributed by atoms with Crippen LogP contribution in [-0.2, 0) is 28.6 Å². The highest BCUT2D eigenvalue weighted by atomic mass is 16.6. The van der Waals surface area contributed by atoms with Crippen molar-refractivity contribution in [3.05, 3.63) is 0 Å². The van der Waals surface area contributed by atoms with Crippen LogP contribution in [0.1, 0.15) is 304 Å². The van der Waals surface area contributed by atoms with E-state index in [0.717, 1.165) is 63.7 Å². The van der Waals surface area contributed by atoms with Crippen molar-refractivity contribution in [2.45, 2.75) is 310 Å². The number of esters is 3. The molecule has 6 nitrogen and oxygen atoms in total. The number of carbonyl (C=O) groups is 3. The van der Waals surface area contributed by atoms with Crippen molar-refractivity contribution in [3.63, 3.8) is 0 Å². The maximum atomic E-state index is 12.8. The van der Waals surface area contributed by atoms with E-state index < -0.39 is 6.10 Å². The highest BCUT2D eigenvalue weighted by molar-refractivity contribution is 5.71. The van der Waals surface area contributed by atoms with Gasteiger partial charge in [0.1, 0.15) is 13.2 Å². The molecule has 0 N–H and O–H groups in total.